The Hall–Kier alpha value is -0.120. The van der Waals surface area contributed by atoms with Crippen LogP contribution in [0.3, 0.4) is 0 Å². The Morgan fingerprint density at radius 1 is 1.31 bits per heavy atom. The number of nitrogens with one attached hydrogen (secondary N) is 2. The van der Waals surface area contributed by atoms with Crippen LogP contribution in [0.25, 0.3) is 0 Å². The highest BCUT2D eigenvalue weighted by molar-refractivity contribution is 4.81. The maximum atomic E-state index is 5.68. The van der Waals surface area contributed by atoms with E-state index in [2.05, 4.69) is 17.6 Å². The zero-order valence-electron chi connectivity index (χ0n) is 10.6. The summed E-state index contributed by atoms with van der Waals surface area (Å²) in [7, 11) is 0. The fourth-order valence-corrected chi connectivity index (χ4v) is 2.87. The standard InChI is InChI=1S/C13H26N2O/c1-13(5-3-2-4-6-13)11-15-10-12-9-14-7-8-16-12/h12,14-15H,2-11H2,1H3. The molecule has 0 aromatic carbocycles. The average Bonchev–Trinajstić information content (AvgIpc) is 2.31. The molecule has 16 heavy (non-hydrogen) atoms. The molecule has 2 rings (SSSR count). The molecule has 0 bridgehead atoms. The predicted molar refractivity (Wildman–Crippen MR) is 66.7 cm³/mol. The first-order chi connectivity index (χ1) is 7.79. The normalized spacial score (nSPS) is 30.2. The lowest BCUT2D eigenvalue weighted by atomic mass is 9.76. The third kappa shape index (κ3) is 3.72. The van der Waals surface area contributed by atoms with Gasteiger partial charge in [-0.25, -0.2) is 0 Å². The highest BCUT2D eigenvalue weighted by atomic mass is 16.5. The summed E-state index contributed by atoms with van der Waals surface area (Å²) in [5.74, 6) is 0. The van der Waals surface area contributed by atoms with E-state index >= 15 is 0 Å². The fourth-order valence-electron chi connectivity index (χ4n) is 2.87. The van der Waals surface area contributed by atoms with Crippen LogP contribution in [0.4, 0.5) is 0 Å². The SMILES string of the molecule is CC1(CNCC2CNCCO2)CCCCC1. The highest BCUT2D eigenvalue weighted by Crippen LogP contribution is 2.34. The number of ether oxygens (including phenoxy) is 1. The van der Waals surface area contributed by atoms with Gasteiger partial charge in [0.25, 0.3) is 0 Å². The maximum Gasteiger partial charge on any atom is 0.0824 e. The third-order valence-corrected chi connectivity index (χ3v) is 3.99. The van der Waals surface area contributed by atoms with Crippen LogP contribution in [0.5, 0.6) is 0 Å². The predicted octanol–water partition coefficient (Wildman–Crippen LogP) is 1.53. The molecule has 3 heteroatoms. The van der Waals surface area contributed by atoms with Crippen LogP contribution < -0.4 is 10.6 Å². The molecule has 2 aliphatic rings. The number of rotatable bonds is 4. The molecule has 1 saturated carbocycles. The summed E-state index contributed by atoms with van der Waals surface area (Å²) in [6.07, 6.45) is 7.43. The van der Waals surface area contributed by atoms with Gasteiger partial charge in [0.05, 0.1) is 12.7 Å². The van der Waals surface area contributed by atoms with E-state index in [0.717, 1.165) is 32.8 Å². The minimum absolute atomic E-state index is 0.376. The summed E-state index contributed by atoms with van der Waals surface area (Å²) >= 11 is 0. The van der Waals surface area contributed by atoms with Crippen molar-refractivity contribution in [3.05, 3.63) is 0 Å². The van der Waals surface area contributed by atoms with Gasteiger partial charge in [-0.1, -0.05) is 26.2 Å². The van der Waals surface area contributed by atoms with Gasteiger partial charge < -0.3 is 15.4 Å². The Balaban J connectivity index is 1.62. The van der Waals surface area contributed by atoms with E-state index < -0.39 is 0 Å². The minimum atomic E-state index is 0.376. The van der Waals surface area contributed by atoms with Crippen molar-refractivity contribution in [2.45, 2.75) is 45.1 Å². The molecule has 2 N–H and O–H groups in total. The molecule has 1 aliphatic carbocycles. The van der Waals surface area contributed by atoms with E-state index in [1.807, 2.05) is 0 Å². The second-order valence-corrected chi connectivity index (χ2v) is 5.70. The lowest BCUT2D eigenvalue weighted by Crippen LogP contribution is -2.46. The zero-order chi connectivity index (χ0) is 11.3. The molecule has 94 valence electrons. The van der Waals surface area contributed by atoms with Gasteiger partial charge in [-0.05, 0) is 18.3 Å². The van der Waals surface area contributed by atoms with Crippen molar-refractivity contribution >= 4 is 0 Å². The van der Waals surface area contributed by atoms with Gasteiger partial charge in [0, 0.05) is 26.2 Å². The summed E-state index contributed by atoms with van der Waals surface area (Å²) in [5.41, 5.74) is 0.542. The fraction of sp³-hybridized carbons (Fsp3) is 1.00. The van der Waals surface area contributed by atoms with Crippen molar-refractivity contribution in [1.29, 1.82) is 0 Å². The monoisotopic (exact) mass is 226 g/mol. The Morgan fingerprint density at radius 3 is 2.81 bits per heavy atom. The first-order valence-electron chi connectivity index (χ1n) is 6.82. The van der Waals surface area contributed by atoms with Crippen LogP contribution in [-0.4, -0.2) is 38.9 Å². The van der Waals surface area contributed by atoms with Gasteiger partial charge in [0.1, 0.15) is 0 Å². The van der Waals surface area contributed by atoms with Crippen molar-refractivity contribution in [2.24, 2.45) is 5.41 Å². The van der Waals surface area contributed by atoms with Crippen molar-refractivity contribution in [1.82, 2.24) is 10.6 Å². The Bertz CT molecular complexity index is 196. The second-order valence-electron chi connectivity index (χ2n) is 5.70. The lowest BCUT2D eigenvalue weighted by molar-refractivity contribution is 0.0270. The highest BCUT2D eigenvalue weighted by Gasteiger charge is 2.26. The van der Waals surface area contributed by atoms with Crippen LogP contribution in [0.1, 0.15) is 39.0 Å². The van der Waals surface area contributed by atoms with Crippen LogP contribution in [0.15, 0.2) is 0 Å². The van der Waals surface area contributed by atoms with E-state index in [1.54, 1.807) is 0 Å². The van der Waals surface area contributed by atoms with Gasteiger partial charge in [-0.15, -0.1) is 0 Å². The van der Waals surface area contributed by atoms with Crippen molar-refractivity contribution in [2.75, 3.05) is 32.8 Å². The van der Waals surface area contributed by atoms with Crippen molar-refractivity contribution in [3.63, 3.8) is 0 Å². The van der Waals surface area contributed by atoms with Gasteiger partial charge >= 0.3 is 0 Å². The quantitative estimate of drug-likeness (QED) is 0.763. The smallest absolute Gasteiger partial charge is 0.0824 e. The van der Waals surface area contributed by atoms with Crippen LogP contribution in [0, 0.1) is 5.41 Å². The number of hydrogen-bond acceptors (Lipinski definition) is 3. The average molecular weight is 226 g/mol. The van der Waals surface area contributed by atoms with Crippen molar-refractivity contribution in [3.8, 4) is 0 Å². The molecule has 0 aromatic heterocycles. The van der Waals surface area contributed by atoms with Gasteiger partial charge in [0.2, 0.25) is 0 Å². The summed E-state index contributed by atoms with van der Waals surface area (Å²) in [4.78, 5) is 0. The molecule has 3 nitrogen and oxygen atoms in total. The molecule has 1 heterocycles. The first-order valence-corrected chi connectivity index (χ1v) is 6.82. The lowest BCUT2D eigenvalue weighted by Gasteiger charge is -2.34. The number of morpholine rings is 1. The number of hydrogen-bond donors (Lipinski definition) is 2. The Kier molecular flexibility index (Phi) is 4.62. The van der Waals surface area contributed by atoms with E-state index in [-0.39, 0.29) is 0 Å². The topological polar surface area (TPSA) is 33.3 Å². The Labute approximate surface area is 99.3 Å². The molecule has 1 atom stereocenters. The Morgan fingerprint density at radius 2 is 2.12 bits per heavy atom. The molecule has 2 fully saturated rings. The van der Waals surface area contributed by atoms with Crippen LogP contribution in [0.2, 0.25) is 0 Å². The zero-order valence-corrected chi connectivity index (χ0v) is 10.6. The molecule has 0 amide bonds. The minimum Gasteiger partial charge on any atom is -0.374 e. The molecule has 0 spiro atoms. The molecular weight excluding hydrogens is 200 g/mol. The molecular formula is C13H26N2O. The van der Waals surface area contributed by atoms with Gasteiger partial charge in [-0.2, -0.15) is 0 Å². The molecule has 1 unspecified atom stereocenters. The molecule has 1 saturated heterocycles. The van der Waals surface area contributed by atoms with Crippen molar-refractivity contribution < 1.29 is 4.74 Å². The van der Waals surface area contributed by atoms with Gasteiger partial charge in [-0.3, -0.25) is 0 Å². The van der Waals surface area contributed by atoms with Crippen LogP contribution in [-0.2, 0) is 4.74 Å². The maximum absolute atomic E-state index is 5.68. The van der Waals surface area contributed by atoms with E-state index in [1.165, 1.54) is 32.1 Å². The molecule has 0 aromatic rings. The summed E-state index contributed by atoms with van der Waals surface area (Å²) in [5, 5.41) is 6.97. The van der Waals surface area contributed by atoms with Crippen LogP contribution >= 0.6 is 0 Å². The first kappa shape index (κ1) is 12.3. The van der Waals surface area contributed by atoms with E-state index in [0.29, 0.717) is 11.5 Å². The molecule has 0 radical (unpaired) electrons. The van der Waals surface area contributed by atoms with Gasteiger partial charge in [0.15, 0.2) is 0 Å². The largest absolute Gasteiger partial charge is 0.374 e. The van der Waals surface area contributed by atoms with E-state index in [9.17, 15) is 0 Å². The second kappa shape index (κ2) is 5.99. The molecule has 1 aliphatic heterocycles. The summed E-state index contributed by atoms with van der Waals surface area (Å²) in [6, 6.07) is 0. The third-order valence-electron chi connectivity index (χ3n) is 3.99. The van der Waals surface area contributed by atoms with E-state index in [4.69, 9.17) is 4.74 Å². The summed E-state index contributed by atoms with van der Waals surface area (Å²) in [6.45, 7) is 7.47. The summed E-state index contributed by atoms with van der Waals surface area (Å²) < 4.78 is 5.68.